The summed E-state index contributed by atoms with van der Waals surface area (Å²) >= 11 is 0. The summed E-state index contributed by atoms with van der Waals surface area (Å²) in [6.07, 6.45) is 9.06. The second-order valence-electron chi connectivity index (χ2n) is 8.70. The topological polar surface area (TPSA) is 122 Å². The highest BCUT2D eigenvalue weighted by atomic mass is 16.3. The molecule has 0 saturated carbocycles. The maximum Gasteiger partial charge on any atom is 0.129 e. The summed E-state index contributed by atoms with van der Waals surface area (Å²) in [5.74, 6) is 1.28. The lowest BCUT2D eigenvalue weighted by atomic mass is 10.1. The molecule has 0 aliphatic carbocycles. The highest BCUT2D eigenvalue weighted by Crippen LogP contribution is 2.08. The molecule has 2 aliphatic heterocycles. The fourth-order valence-corrected chi connectivity index (χ4v) is 2.96. The lowest BCUT2D eigenvalue weighted by Crippen LogP contribution is -2.31. The van der Waals surface area contributed by atoms with E-state index in [1.165, 1.54) is 0 Å². The first-order valence-corrected chi connectivity index (χ1v) is 10.9. The van der Waals surface area contributed by atoms with Crippen LogP contribution in [0.3, 0.4) is 0 Å². The molecule has 2 aliphatic rings. The number of nitrogens with one attached hydrogen (secondary N) is 4. The maximum absolute atomic E-state index is 10.4. The second-order valence-corrected chi connectivity index (χ2v) is 8.70. The molecular weight excluding hydrogens is 402 g/mol. The standard InChI is InChI=1S/C19H24N6O.C5H13N/c1-22-19-11-16(23-12-24-19)13-4-5-14(17(26)10-13)15(20)6-7-18(21)25-8-2-3-9-25;1-5(2,3)6-4/h4-7,10-12,21-22,26H,2-3,8-9,20H2,1H3,(H,23,24);6H,1-4H3/b7-6-,15-14-,16-13-,21-18?;. The Morgan fingerprint density at radius 3 is 2.44 bits per heavy atom. The van der Waals surface area contributed by atoms with Crippen molar-refractivity contribution in [3.05, 3.63) is 52.7 Å². The average molecular weight is 440 g/mol. The number of nitrogens with two attached hydrogens (primary N) is 1. The molecule has 1 fully saturated rings. The van der Waals surface area contributed by atoms with Crippen LogP contribution in [-0.2, 0) is 0 Å². The van der Waals surface area contributed by atoms with Crippen molar-refractivity contribution in [2.75, 3.05) is 27.2 Å². The molecular formula is C24H37N7O. The van der Waals surface area contributed by atoms with Gasteiger partial charge in [-0.2, -0.15) is 0 Å². The van der Waals surface area contributed by atoms with E-state index in [1.807, 2.05) is 24.1 Å². The molecule has 8 nitrogen and oxygen atoms in total. The van der Waals surface area contributed by atoms with Crippen LogP contribution in [-0.4, -0.2) is 54.9 Å². The normalized spacial score (nSPS) is 18.5. The van der Waals surface area contributed by atoms with Gasteiger partial charge >= 0.3 is 0 Å². The summed E-state index contributed by atoms with van der Waals surface area (Å²) in [4.78, 5) is 6.16. The number of likely N-dealkylation sites (tertiary alicyclic amines) is 1. The fourth-order valence-electron chi connectivity index (χ4n) is 2.96. The van der Waals surface area contributed by atoms with Crippen LogP contribution >= 0.6 is 0 Å². The zero-order valence-electron chi connectivity index (χ0n) is 19.8. The number of hydrogen-bond acceptors (Lipinski definition) is 7. The SMILES string of the molecule is CNC(C)(C)C.CNC1=C/C(=c2\cc/c(=C(N)\C=C/C(=N)N3CCCC3)c(O)c2)NC=N1. The van der Waals surface area contributed by atoms with Crippen LogP contribution in [0.4, 0.5) is 0 Å². The van der Waals surface area contributed by atoms with Crippen LogP contribution < -0.4 is 32.1 Å². The largest absolute Gasteiger partial charge is 0.507 e. The van der Waals surface area contributed by atoms with Gasteiger partial charge in [-0.05, 0) is 64.9 Å². The third-order valence-corrected chi connectivity index (χ3v) is 5.20. The van der Waals surface area contributed by atoms with Gasteiger partial charge in [0.05, 0.1) is 12.0 Å². The Labute approximate surface area is 190 Å². The van der Waals surface area contributed by atoms with Gasteiger partial charge in [0.1, 0.15) is 17.4 Å². The molecule has 0 radical (unpaired) electrons. The van der Waals surface area contributed by atoms with Crippen molar-refractivity contribution in [3.63, 3.8) is 0 Å². The highest BCUT2D eigenvalue weighted by Gasteiger charge is 2.12. The molecule has 3 rings (SSSR count). The summed E-state index contributed by atoms with van der Waals surface area (Å²) < 4.78 is 0. The van der Waals surface area contributed by atoms with E-state index in [-0.39, 0.29) is 5.75 Å². The fraction of sp³-hybridized carbons (Fsp3) is 0.417. The van der Waals surface area contributed by atoms with E-state index in [4.69, 9.17) is 11.1 Å². The van der Waals surface area contributed by atoms with Gasteiger partial charge in [-0.15, -0.1) is 0 Å². The summed E-state index contributed by atoms with van der Waals surface area (Å²) in [5, 5.41) is 29.0. The van der Waals surface area contributed by atoms with Gasteiger partial charge in [-0.25, -0.2) is 4.99 Å². The summed E-state index contributed by atoms with van der Waals surface area (Å²) in [6, 6.07) is 5.32. The predicted octanol–water partition coefficient (Wildman–Crippen LogP) is 0.893. The van der Waals surface area contributed by atoms with E-state index in [1.54, 1.807) is 37.7 Å². The minimum atomic E-state index is 0.0913. The molecule has 1 aromatic rings. The Balaban J connectivity index is 0.000000534. The minimum Gasteiger partial charge on any atom is -0.507 e. The quantitative estimate of drug-likeness (QED) is 0.307. The van der Waals surface area contributed by atoms with E-state index in [9.17, 15) is 5.11 Å². The molecule has 2 heterocycles. The Kier molecular flexibility index (Phi) is 8.90. The van der Waals surface area contributed by atoms with Gasteiger partial charge in [-0.1, -0.05) is 6.07 Å². The maximum atomic E-state index is 10.4. The molecule has 0 spiro atoms. The third kappa shape index (κ3) is 7.46. The number of nitrogens with zero attached hydrogens (tertiary/aromatic N) is 2. The first kappa shape index (κ1) is 25.0. The monoisotopic (exact) mass is 439 g/mol. The molecule has 0 unspecified atom stereocenters. The smallest absolute Gasteiger partial charge is 0.129 e. The minimum absolute atomic E-state index is 0.0913. The Morgan fingerprint density at radius 1 is 1.22 bits per heavy atom. The van der Waals surface area contributed by atoms with Gasteiger partial charge in [0.2, 0.25) is 0 Å². The Hall–Kier alpha value is -3.26. The number of aliphatic imine (C=N–C) groups is 1. The van der Waals surface area contributed by atoms with E-state index in [0.717, 1.165) is 42.7 Å². The molecule has 0 atom stereocenters. The molecule has 8 heteroatoms. The third-order valence-electron chi connectivity index (χ3n) is 5.20. The van der Waals surface area contributed by atoms with Crippen molar-refractivity contribution in [1.29, 1.82) is 5.41 Å². The summed E-state index contributed by atoms with van der Waals surface area (Å²) in [5.41, 5.74) is 7.65. The number of amidine groups is 1. The molecule has 174 valence electrons. The summed E-state index contributed by atoms with van der Waals surface area (Å²) in [6.45, 7) is 8.23. The molecule has 1 saturated heterocycles. The second kappa shape index (κ2) is 11.4. The number of hydrogen-bond donors (Lipinski definition) is 6. The average Bonchev–Trinajstić information content (AvgIpc) is 3.32. The van der Waals surface area contributed by atoms with Gasteiger partial charge in [0, 0.05) is 47.9 Å². The van der Waals surface area contributed by atoms with E-state index >= 15 is 0 Å². The van der Waals surface area contributed by atoms with E-state index < -0.39 is 0 Å². The molecule has 1 aromatic carbocycles. The molecule has 32 heavy (non-hydrogen) atoms. The predicted molar refractivity (Wildman–Crippen MR) is 134 cm³/mol. The van der Waals surface area contributed by atoms with Crippen molar-refractivity contribution >= 4 is 23.6 Å². The van der Waals surface area contributed by atoms with Crippen molar-refractivity contribution in [3.8, 4) is 5.75 Å². The molecule has 7 N–H and O–H groups in total. The van der Waals surface area contributed by atoms with Crippen LogP contribution in [0.1, 0.15) is 33.6 Å². The van der Waals surface area contributed by atoms with E-state index in [2.05, 4.69) is 41.7 Å². The van der Waals surface area contributed by atoms with E-state index in [0.29, 0.717) is 22.3 Å². The van der Waals surface area contributed by atoms with Gasteiger partial charge in [-0.3, -0.25) is 5.41 Å². The van der Waals surface area contributed by atoms with Gasteiger partial charge < -0.3 is 31.7 Å². The first-order valence-electron chi connectivity index (χ1n) is 10.9. The molecule has 0 amide bonds. The van der Waals surface area contributed by atoms with Crippen molar-refractivity contribution < 1.29 is 5.11 Å². The van der Waals surface area contributed by atoms with Crippen molar-refractivity contribution in [1.82, 2.24) is 20.9 Å². The lowest BCUT2D eigenvalue weighted by molar-refractivity contribution is 0.469. The zero-order valence-corrected chi connectivity index (χ0v) is 19.8. The highest BCUT2D eigenvalue weighted by molar-refractivity contribution is 5.92. The van der Waals surface area contributed by atoms with Crippen molar-refractivity contribution in [2.24, 2.45) is 10.7 Å². The molecule has 0 aromatic heterocycles. The number of benzene rings is 1. The molecule has 0 bridgehead atoms. The Morgan fingerprint density at radius 2 is 1.88 bits per heavy atom. The lowest BCUT2D eigenvalue weighted by Gasteiger charge is -2.15. The Bertz CT molecular complexity index is 1010. The van der Waals surface area contributed by atoms with Crippen LogP contribution in [0.25, 0.3) is 11.4 Å². The summed E-state index contributed by atoms with van der Waals surface area (Å²) in [7, 11) is 3.76. The van der Waals surface area contributed by atoms with Crippen LogP contribution in [0.15, 0.2) is 47.2 Å². The first-order chi connectivity index (χ1) is 15.1. The number of rotatable bonds is 3. The number of phenols is 1. The van der Waals surface area contributed by atoms with Crippen molar-refractivity contribution in [2.45, 2.75) is 39.2 Å². The van der Waals surface area contributed by atoms with Crippen LogP contribution in [0.2, 0.25) is 0 Å². The van der Waals surface area contributed by atoms with Crippen LogP contribution in [0, 0.1) is 5.41 Å². The number of aromatic hydroxyl groups is 1. The number of phenolic OH excluding ortho intramolecular Hbond substituents is 1. The van der Waals surface area contributed by atoms with Gasteiger partial charge in [0.25, 0.3) is 0 Å². The van der Waals surface area contributed by atoms with Gasteiger partial charge in [0.15, 0.2) is 0 Å². The zero-order chi connectivity index (χ0) is 23.7. The van der Waals surface area contributed by atoms with Crippen LogP contribution in [0.5, 0.6) is 5.75 Å².